The van der Waals surface area contributed by atoms with Crippen LogP contribution in [0, 0.1) is 5.92 Å². The molecule has 0 spiro atoms. The molecule has 2 N–H and O–H groups in total. The number of carboxylic acid groups (broad SMARTS) is 1. The molecular formula is C15H17N3O3. The van der Waals surface area contributed by atoms with Gasteiger partial charge < -0.3 is 15.1 Å². The van der Waals surface area contributed by atoms with Crippen LogP contribution in [0.3, 0.4) is 0 Å². The van der Waals surface area contributed by atoms with E-state index >= 15 is 0 Å². The van der Waals surface area contributed by atoms with E-state index in [1.807, 2.05) is 18.2 Å². The molecule has 0 bridgehead atoms. The van der Waals surface area contributed by atoms with Crippen molar-refractivity contribution in [1.82, 2.24) is 9.97 Å². The highest BCUT2D eigenvalue weighted by Gasteiger charge is 2.25. The molecule has 0 amide bonds. The smallest absolute Gasteiger partial charge is 0.374 e. The van der Waals surface area contributed by atoms with Crippen LogP contribution in [0.15, 0.2) is 24.3 Å². The first kappa shape index (κ1) is 13.8. The molecule has 2 aromatic rings. The highest BCUT2D eigenvalue weighted by Crippen LogP contribution is 2.29. The van der Waals surface area contributed by atoms with Gasteiger partial charge in [-0.3, -0.25) is 0 Å². The maximum absolute atomic E-state index is 11.2. The molecule has 1 fully saturated rings. The van der Waals surface area contributed by atoms with E-state index in [4.69, 9.17) is 5.11 Å². The zero-order chi connectivity index (χ0) is 14.8. The predicted molar refractivity (Wildman–Crippen MR) is 78.5 cm³/mol. The molecule has 1 saturated heterocycles. The lowest BCUT2D eigenvalue weighted by Crippen LogP contribution is -2.23. The van der Waals surface area contributed by atoms with Gasteiger partial charge in [0, 0.05) is 25.1 Å². The first-order chi connectivity index (χ1) is 10.2. The van der Waals surface area contributed by atoms with E-state index < -0.39 is 5.97 Å². The number of hydrogen-bond donors (Lipinski definition) is 2. The Bertz CT molecular complexity index is 674. The van der Waals surface area contributed by atoms with Crippen molar-refractivity contribution >= 4 is 22.7 Å². The third-order valence-electron chi connectivity index (χ3n) is 3.90. The number of nitrogens with zero attached hydrogens (tertiary/aromatic N) is 3. The average molecular weight is 287 g/mol. The van der Waals surface area contributed by atoms with Gasteiger partial charge in [0.05, 0.1) is 5.52 Å². The number of anilines is 1. The number of aliphatic hydroxyl groups excluding tert-OH is 1. The summed E-state index contributed by atoms with van der Waals surface area (Å²) in [6, 6.07) is 7.45. The first-order valence-electron chi connectivity index (χ1n) is 7.05. The van der Waals surface area contributed by atoms with Gasteiger partial charge in [-0.15, -0.1) is 0 Å². The molecule has 3 rings (SSSR count). The van der Waals surface area contributed by atoms with Crippen molar-refractivity contribution in [2.24, 2.45) is 5.92 Å². The Morgan fingerprint density at radius 2 is 2.14 bits per heavy atom. The predicted octanol–water partition coefficient (Wildman–Crippen LogP) is 1.54. The van der Waals surface area contributed by atoms with Gasteiger partial charge in [0.15, 0.2) is 0 Å². The fraction of sp³-hybridized carbons (Fsp3) is 0.400. The summed E-state index contributed by atoms with van der Waals surface area (Å²) < 4.78 is 0. The molecule has 1 aliphatic heterocycles. The third-order valence-corrected chi connectivity index (χ3v) is 3.90. The topological polar surface area (TPSA) is 86.5 Å². The van der Waals surface area contributed by atoms with E-state index in [9.17, 15) is 9.90 Å². The van der Waals surface area contributed by atoms with Gasteiger partial charge in [-0.25, -0.2) is 14.8 Å². The van der Waals surface area contributed by atoms with Crippen LogP contribution in [0.4, 0.5) is 5.82 Å². The molecular weight excluding hydrogens is 270 g/mol. The van der Waals surface area contributed by atoms with E-state index in [1.165, 1.54) is 0 Å². The zero-order valence-corrected chi connectivity index (χ0v) is 11.6. The summed E-state index contributed by atoms with van der Waals surface area (Å²) in [5, 5.41) is 19.1. The molecule has 1 atom stereocenters. The second-order valence-corrected chi connectivity index (χ2v) is 5.31. The molecule has 6 heteroatoms. The number of carboxylic acids is 1. The van der Waals surface area contributed by atoms with E-state index in [0.29, 0.717) is 17.3 Å². The van der Waals surface area contributed by atoms with Gasteiger partial charge in [0.2, 0.25) is 5.82 Å². The van der Waals surface area contributed by atoms with Crippen LogP contribution in [-0.2, 0) is 0 Å². The maximum atomic E-state index is 11.2. The largest absolute Gasteiger partial charge is 0.475 e. The zero-order valence-electron chi connectivity index (χ0n) is 11.6. The molecule has 1 unspecified atom stereocenters. The minimum Gasteiger partial charge on any atom is -0.475 e. The van der Waals surface area contributed by atoms with Crippen LogP contribution in [0.25, 0.3) is 10.9 Å². The van der Waals surface area contributed by atoms with Crippen molar-refractivity contribution in [2.75, 3.05) is 24.6 Å². The molecule has 1 aromatic heterocycles. The van der Waals surface area contributed by atoms with Crippen LogP contribution < -0.4 is 4.90 Å². The fourth-order valence-corrected chi connectivity index (χ4v) is 2.84. The number of rotatable bonds is 4. The summed E-state index contributed by atoms with van der Waals surface area (Å²) in [4.78, 5) is 21.6. The second-order valence-electron chi connectivity index (χ2n) is 5.31. The third kappa shape index (κ3) is 2.67. The minimum atomic E-state index is -1.12. The number of aliphatic hydroxyl groups is 1. The number of carbonyl (C=O) groups is 1. The summed E-state index contributed by atoms with van der Waals surface area (Å²) in [6.45, 7) is 1.80. The van der Waals surface area contributed by atoms with Crippen molar-refractivity contribution in [1.29, 1.82) is 0 Å². The SMILES string of the molecule is O=C(O)c1nc(N2CCC(CCO)C2)c2ccccc2n1. The van der Waals surface area contributed by atoms with Crippen molar-refractivity contribution in [3.05, 3.63) is 30.1 Å². The minimum absolute atomic E-state index is 0.172. The molecule has 1 aliphatic rings. The molecule has 6 nitrogen and oxygen atoms in total. The molecule has 1 aromatic carbocycles. The molecule has 0 radical (unpaired) electrons. The summed E-state index contributed by atoms with van der Waals surface area (Å²) >= 11 is 0. The van der Waals surface area contributed by atoms with Crippen molar-refractivity contribution in [3.63, 3.8) is 0 Å². The van der Waals surface area contributed by atoms with Gasteiger partial charge in [-0.1, -0.05) is 12.1 Å². The van der Waals surface area contributed by atoms with Crippen LogP contribution in [0.5, 0.6) is 0 Å². The fourth-order valence-electron chi connectivity index (χ4n) is 2.84. The Balaban J connectivity index is 2.02. The summed E-state index contributed by atoms with van der Waals surface area (Å²) in [5.74, 6) is -0.183. The van der Waals surface area contributed by atoms with E-state index in [2.05, 4.69) is 14.9 Å². The summed E-state index contributed by atoms with van der Waals surface area (Å²) in [6.07, 6.45) is 1.76. The maximum Gasteiger partial charge on any atom is 0.374 e. The Morgan fingerprint density at radius 3 is 2.90 bits per heavy atom. The van der Waals surface area contributed by atoms with Gasteiger partial charge in [-0.2, -0.15) is 0 Å². The summed E-state index contributed by atoms with van der Waals surface area (Å²) in [7, 11) is 0. The Kier molecular flexibility index (Phi) is 3.70. The lowest BCUT2D eigenvalue weighted by Gasteiger charge is -2.19. The number of aromatic carboxylic acids is 1. The van der Waals surface area contributed by atoms with E-state index in [-0.39, 0.29) is 12.4 Å². The van der Waals surface area contributed by atoms with Crippen molar-refractivity contribution in [2.45, 2.75) is 12.8 Å². The highest BCUT2D eigenvalue weighted by atomic mass is 16.4. The monoisotopic (exact) mass is 287 g/mol. The quantitative estimate of drug-likeness (QED) is 0.887. The number of benzene rings is 1. The number of para-hydroxylation sites is 1. The number of aromatic nitrogens is 2. The normalized spacial score (nSPS) is 18.3. The van der Waals surface area contributed by atoms with Crippen molar-refractivity contribution < 1.29 is 15.0 Å². The standard InChI is InChI=1S/C15H17N3O3/c19-8-6-10-5-7-18(9-10)14-11-3-1-2-4-12(11)16-13(17-14)15(20)21/h1-4,10,19H,5-9H2,(H,20,21). The molecule has 2 heterocycles. The Labute approximate surface area is 122 Å². The van der Waals surface area contributed by atoms with Gasteiger partial charge in [0.1, 0.15) is 5.82 Å². The molecule has 0 saturated carbocycles. The second kappa shape index (κ2) is 5.65. The Hall–Kier alpha value is -2.21. The summed E-state index contributed by atoms with van der Waals surface area (Å²) in [5.41, 5.74) is 0.644. The first-order valence-corrected chi connectivity index (χ1v) is 7.05. The van der Waals surface area contributed by atoms with Gasteiger partial charge in [-0.05, 0) is 30.9 Å². The molecule has 21 heavy (non-hydrogen) atoms. The van der Waals surface area contributed by atoms with E-state index in [1.54, 1.807) is 6.07 Å². The van der Waals surface area contributed by atoms with Crippen LogP contribution in [0.1, 0.15) is 23.5 Å². The van der Waals surface area contributed by atoms with Crippen LogP contribution in [-0.4, -0.2) is 45.8 Å². The van der Waals surface area contributed by atoms with Gasteiger partial charge >= 0.3 is 5.97 Å². The molecule has 110 valence electrons. The average Bonchev–Trinajstić information content (AvgIpc) is 2.95. The van der Waals surface area contributed by atoms with E-state index in [0.717, 1.165) is 31.3 Å². The lowest BCUT2D eigenvalue weighted by atomic mass is 10.1. The highest BCUT2D eigenvalue weighted by molar-refractivity contribution is 5.93. The molecule has 0 aliphatic carbocycles. The Morgan fingerprint density at radius 1 is 1.33 bits per heavy atom. The number of fused-ring (bicyclic) bond motifs is 1. The van der Waals surface area contributed by atoms with Gasteiger partial charge in [0.25, 0.3) is 0 Å². The lowest BCUT2D eigenvalue weighted by molar-refractivity contribution is 0.0684. The van der Waals surface area contributed by atoms with Crippen LogP contribution >= 0.6 is 0 Å². The van der Waals surface area contributed by atoms with Crippen LogP contribution in [0.2, 0.25) is 0 Å². The number of hydrogen-bond acceptors (Lipinski definition) is 5. The van der Waals surface area contributed by atoms with Crippen molar-refractivity contribution in [3.8, 4) is 0 Å².